The molecule has 2 fully saturated rings. The van der Waals surface area contributed by atoms with Crippen LogP contribution in [-0.4, -0.2) is 32.1 Å². The van der Waals surface area contributed by atoms with Crippen LogP contribution in [0.4, 0.5) is 0 Å². The first-order valence-corrected chi connectivity index (χ1v) is 8.09. The van der Waals surface area contributed by atoms with Gasteiger partial charge in [-0.1, -0.05) is 6.42 Å². The van der Waals surface area contributed by atoms with Crippen LogP contribution in [0.15, 0.2) is 21.6 Å². The van der Waals surface area contributed by atoms with E-state index in [0.717, 1.165) is 19.3 Å². The molecule has 0 N–H and O–H groups in total. The highest BCUT2D eigenvalue weighted by Gasteiger charge is 2.37. The Morgan fingerprint density at radius 1 is 1.21 bits per heavy atom. The minimum Gasteiger partial charge on any atom is -0.440 e. The topological polar surface area (TPSA) is 67.6 Å². The first kappa shape index (κ1) is 12.9. The van der Waals surface area contributed by atoms with E-state index in [9.17, 15) is 13.2 Å². The number of piperidine rings is 1. The number of fused-ring (bicyclic) bond motifs is 2. The Bertz CT molecular complexity index is 565. The molecule has 2 atom stereocenters. The largest absolute Gasteiger partial charge is 0.440 e. The smallest absolute Gasteiger partial charge is 0.276 e. The van der Waals surface area contributed by atoms with Crippen molar-refractivity contribution in [3.05, 3.63) is 17.9 Å². The summed E-state index contributed by atoms with van der Waals surface area (Å²) < 4.78 is 31.5. The molecule has 1 aliphatic carbocycles. The zero-order chi connectivity index (χ0) is 13.5. The van der Waals surface area contributed by atoms with Gasteiger partial charge in [0.05, 0.1) is 0 Å². The van der Waals surface area contributed by atoms with Gasteiger partial charge in [0, 0.05) is 13.1 Å². The van der Waals surface area contributed by atoms with Crippen molar-refractivity contribution in [1.29, 1.82) is 0 Å². The molecule has 1 aliphatic heterocycles. The average Bonchev–Trinajstić information content (AvgIpc) is 2.87. The highest BCUT2D eigenvalue weighted by atomic mass is 32.2. The molecule has 19 heavy (non-hydrogen) atoms. The molecule has 2 bridgehead atoms. The standard InChI is InChI=1S/C13H17NO4S/c15-9-12-4-5-13(18-12)19(16,17)14-7-10-2-1-3-11(6-10)8-14/h4-5,9-11H,1-3,6-8H2. The number of sulfonamides is 1. The molecular weight excluding hydrogens is 266 g/mol. The number of furan rings is 1. The Morgan fingerprint density at radius 2 is 1.89 bits per heavy atom. The zero-order valence-electron chi connectivity index (χ0n) is 10.6. The first-order chi connectivity index (χ1) is 9.09. The van der Waals surface area contributed by atoms with E-state index in [1.807, 2.05) is 0 Å². The van der Waals surface area contributed by atoms with Crippen LogP contribution in [0.25, 0.3) is 0 Å². The molecule has 0 spiro atoms. The molecule has 1 aromatic rings. The van der Waals surface area contributed by atoms with Crippen molar-refractivity contribution in [2.24, 2.45) is 11.8 Å². The summed E-state index contributed by atoms with van der Waals surface area (Å²) in [4.78, 5) is 10.6. The number of aldehydes is 1. The van der Waals surface area contributed by atoms with Gasteiger partial charge in [-0.25, -0.2) is 8.42 Å². The molecule has 3 rings (SSSR count). The van der Waals surface area contributed by atoms with Crippen LogP contribution in [0.1, 0.15) is 36.2 Å². The Kier molecular flexibility index (Phi) is 3.22. The molecule has 0 radical (unpaired) electrons. The van der Waals surface area contributed by atoms with Gasteiger partial charge >= 0.3 is 0 Å². The van der Waals surface area contributed by atoms with Crippen molar-refractivity contribution in [3.8, 4) is 0 Å². The second-order valence-corrected chi connectivity index (χ2v) is 7.36. The maximum absolute atomic E-state index is 12.5. The average molecular weight is 283 g/mol. The van der Waals surface area contributed by atoms with E-state index >= 15 is 0 Å². The Balaban J connectivity index is 1.85. The summed E-state index contributed by atoms with van der Waals surface area (Å²) >= 11 is 0. The molecule has 0 amide bonds. The number of carbonyl (C=O) groups excluding carboxylic acids is 1. The van der Waals surface area contributed by atoms with Crippen molar-refractivity contribution in [3.63, 3.8) is 0 Å². The van der Waals surface area contributed by atoms with E-state index in [2.05, 4.69) is 0 Å². The van der Waals surface area contributed by atoms with Crippen LogP contribution >= 0.6 is 0 Å². The molecule has 1 saturated heterocycles. The first-order valence-electron chi connectivity index (χ1n) is 6.65. The van der Waals surface area contributed by atoms with Gasteiger partial charge < -0.3 is 4.42 Å². The molecule has 0 aromatic carbocycles. The third-order valence-electron chi connectivity index (χ3n) is 4.13. The maximum Gasteiger partial charge on any atom is 0.276 e. The summed E-state index contributed by atoms with van der Waals surface area (Å²) in [6.07, 6.45) is 5.09. The molecule has 2 unspecified atom stereocenters. The quantitative estimate of drug-likeness (QED) is 0.795. The Morgan fingerprint density at radius 3 is 2.47 bits per heavy atom. The number of carbonyl (C=O) groups is 1. The van der Waals surface area contributed by atoms with Gasteiger partial charge in [-0.2, -0.15) is 4.31 Å². The number of hydrogen-bond donors (Lipinski definition) is 0. The fourth-order valence-electron chi connectivity index (χ4n) is 3.24. The number of nitrogens with zero attached hydrogens (tertiary/aromatic N) is 1. The highest BCUT2D eigenvalue weighted by Crippen LogP contribution is 2.36. The Labute approximate surface area is 112 Å². The lowest BCUT2D eigenvalue weighted by atomic mass is 9.79. The van der Waals surface area contributed by atoms with Crippen molar-refractivity contribution < 1.29 is 17.6 Å². The van der Waals surface area contributed by atoms with Gasteiger partial charge in [-0.05, 0) is 43.2 Å². The van der Waals surface area contributed by atoms with Crippen LogP contribution in [0, 0.1) is 11.8 Å². The van der Waals surface area contributed by atoms with Crippen molar-refractivity contribution in [1.82, 2.24) is 4.31 Å². The van der Waals surface area contributed by atoms with Crippen LogP contribution in [-0.2, 0) is 10.0 Å². The third-order valence-corrected chi connectivity index (χ3v) is 5.83. The molecule has 5 nitrogen and oxygen atoms in total. The molecule has 1 saturated carbocycles. The van der Waals surface area contributed by atoms with E-state index in [1.165, 1.54) is 22.9 Å². The molecule has 2 aliphatic rings. The van der Waals surface area contributed by atoms with Crippen LogP contribution < -0.4 is 0 Å². The monoisotopic (exact) mass is 283 g/mol. The summed E-state index contributed by atoms with van der Waals surface area (Å²) in [6.45, 7) is 1.16. The maximum atomic E-state index is 12.5. The van der Waals surface area contributed by atoms with E-state index in [0.29, 0.717) is 31.2 Å². The van der Waals surface area contributed by atoms with Gasteiger partial charge in [0.2, 0.25) is 5.09 Å². The van der Waals surface area contributed by atoms with Crippen LogP contribution in [0.5, 0.6) is 0 Å². The van der Waals surface area contributed by atoms with Crippen molar-refractivity contribution >= 4 is 16.3 Å². The predicted octanol–water partition coefficient (Wildman–Crippen LogP) is 1.90. The van der Waals surface area contributed by atoms with Crippen molar-refractivity contribution in [2.75, 3.05) is 13.1 Å². The van der Waals surface area contributed by atoms with Gasteiger partial charge in [-0.3, -0.25) is 4.79 Å². The van der Waals surface area contributed by atoms with E-state index in [4.69, 9.17) is 4.42 Å². The summed E-state index contributed by atoms with van der Waals surface area (Å²) in [5, 5.41) is -0.116. The molecule has 104 valence electrons. The van der Waals surface area contributed by atoms with E-state index in [-0.39, 0.29) is 10.9 Å². The van der Waals surface area contributed by atoms with E-state index < -0.39 is 10.0 Å². The lowest BCUT2D eigenvalue weighted by Gasteiger charge is -2.40. The fourth-order valence-corrected chi connectivity index (χ4v) is 4.75. The van der Waals surface area contributed by atoms with Gasteiger partial charge in [0.1, 0.15) is 0 Å². The SMILES string of the molecule is O=Cc1ccc(S(=O)(=O)N2CC3CCCC(C3)C2)o1. The van der Waals surface area contributed by atoms with Crippen LogP contribution in [0.3, 0.4) is 0 Å². The lowest BCUT2D eigenvalue weighted by Crippen LogP contribution is -2.45. The fraction of sp³-hybridized carbons (Fsp3) is 0.615. The lowest BCUT2D eigenvalue weighted by molar-refractivity contribution is 0.109. The number of rotatable bonds is 3. The summed E-state index contributed by atoms with van der Waals surface area (Å²) in [7, 11) is -3.59. The second kappa shape index (κ2) is 4.76. The normalized spacial score (nSPS) is 28.2. The Hall–Kier alpha value is -1.14. The van der Waals surface area contributed by atoms with Crippen LogP contribution in [0.2, 0.25) is 0 Å². The molecule has 2 heterocycles. The third kappa shape index (κ3) is 2.34. The minimum absolute atomic E-state index is 0.0516. The zero-order valence-corrected chi connectivity index (χ0v) is 11.4. The summed E-state index contributed by atoms with van der Waals surface area (Å²) in [5.41, 5.74) is 0. The van der Waals surface area contributed by atoms with Gasteiger partial charge in [0.15, 0.2) is 12.0 Å². The van der Waals surface area contributed by atoms with Gasteiger partial charge in [-0.15, -0.1) is 0 Å². The summed E-state index contributed by atoms with van der Waals surface area (Å²) in [5.74, 6) is 1.00. The molecule has 1 aromatic heterocycles. The summed E-state index contributed by atoms with van der Waals surface area (Å²) in [6, 6.07) is 2.76. The van der Waals surface area contributed by atoms with Crippen molar-refractivity contribution in [2.45, 2.75) is 30.8 Å². The second-order valence-electron chi connectivity index (χ2n) is 5.50. The predicted molar refractivity (Wildman–Crippen MR) is 68.3 cm³/mol. The highest BCUT2D eigenvalue weighted by molar-refractivity contribution is 7.89. The van der Waals surface area contributed by atoms with E-state index in [1.54, 1.807) is 0 Å². The minimum atomic E-state index is -3.59. The number of hydrogen-bond acceptors (Lipinski definition) is 4. The molecular formula is C13H17NO4S. The van der Waals surface area contributed by atoms with Gasteiger partial charge in [0.25, 0.3) is 10.0 Å². The molecule has 6 heteroatoms.